The number of benzene rings is 2. The molecule has 0 aliphatic carbocycles. The molecule has 10 heteroatoms. The van der Waals surface area contributed by atoms with Gasteiger partial charge in [-0.15, -0.1) is 0 Å². The normalized spacial score (nSPS) is 14.5. The van der Waals surface area contributed by atoms with Crippen molar-refractivity contribution >= 4 is 21.6 Å². The molecule has 0 bridgehead atoms. The molecule has 1 fully saturated rings. The van der Waals surface area contributed by atoms with Crippen molar-refractivity contribution in [2.45, 2.75) is 4.90 Å². The number of anilines is 1. The molecular weight excluding hydrogens is 432 g/mol. The molecule has 0 atom stereocenters. The van der Waals surface area contributed by atoms with Crippen molar-refractivity contribution in [1.82, 2.24) is 9.21 Å². The summed E-state index contributed by atoms with van der Waals surface area (Å²) in [6.07, 6.45) is 0. The van der Waals surface area contributed by atoms with E-state index in [1.807, 2.05) is 12.1 Å². The van der Waals surface area contributed by atoms with Crippen LogP contribution in [-0.4, -0.2) is 77.5 Å². The van der Waals surface area contributed by atoms with Crippen molar-refractivity contribution in [2.24, 2.45) is 0 Å². The van der Waals surface area contributed by atoms with Crippen molar-refractivity contribution in [1.29, 1.82) is 5.26 Å². The maximum Gasteiger partial charge on any atom is 0.244 e. The fourth-order valence-electron chi connectivity index (χ4n) is 3.56. The fraction of sp³-hybridized carbons (Fsp3) is 0.364. The number of nitriles is 1. The summed E-state index contributed by atoms with van der Waals surface area (Å²) in [4.78, 5) is 16.3. The first kappa shape index (κ1) is 23.4. The lowest BCUT2D eigenvalue weighted by Crippen LogP contribution is -2.52. The number of amides is 1. The number of nitrogens with zero attached hydrogens (tertiary/aromatic N) is 4. The van der Waals surface area contributed by atoms with Crippen LogP contribution in [0.3, 0.4) is 0 Å². The maximum atomic E-state index is 13.0. The molecule has 32 heavy (non-hydrogen) atoms. The highest BCUT2D eigenvalue weighted by Gasteiger charge is 2.31. The largest absolute Gasteiger partial charge is 0.493 e. The Hall–Kier alpha value is -3.29. The molecule has 0 saturated carbocycles. The van der Waals surface area contributed by atoms with Crippen LogP contribution in [0.4, 0.5) is 5.69 Å². The minimum Gasteiger partial charge on any atom is -0.493 e. The van der Waals surface area contributed by atoms with Gasteiger partial charge in [0, 0.05) is 45.0 Å². The van der Waals surface area contributed by atoms with Crippen LogP contribution in [0.5, 0.6) is 11.5 Å². The zero-order chi connectivity index (χ0) is 23.3. The summed E-state index contributed by atoms with van der Waals surface area (Å²) in [6, 6.07) is 13.5. The van der Waals surface area contributed by atoms with Crippen LogP contribution in [0, 0.1) is 11.3 Å². The fourth-order valence-corrected chi connectivity index (χ4v) is 5.12. The monoisotopic (exact) mass is 458 g/mol. The van der Waals surface area contributed by atoms with E-state index in [0.717, 1.165) is 5.69 Å². The Morgan fingerprint density at radius 3 is 2.34 bits per heavy atom. The number of methoxy groups -OCH3 is 2. The molecule has 1 heterocycles. The van der Waals surface area contributed by atoms with Gasteiger partial charge in [0.2, 0.25) is 15.9 Å². The molecule has 1 aliphatic heterocycles. The van der Waals surface area contributed by atoms with Crippen LogP contribution < -0.4 is 14.4 Å². The number of piperazine rings is 1. The molecule has 1 saturated heterocycles. The number of carbonyl (C=O) groups is 1. The molecule has 9 nitrogen and oxygen atoms in total. The Kier molecular flexibility index (Phi) is 7.22. The van der Waals surface area contributed by atoms with Gasteiger partial charge in [0.15, 0.2) is 11.5 Å². The number of ether oxygens (including phenoxy) is 2. The van der Waals surface area contributed by atoms with E-state index in [1.54, 1.807) is 55.3 Å². The first-order valence-corrected chi connectivity index (χ1v) is 11.5. The van der Waals surface area contributed by atoms with Crippen molar-refractivity contribution < 1.29 is 22.7 Å². The van der Waals surface area contributed by atoms with Gasteiger partial charge in [0.25, 0.3) is 0 Å². The van der Waals surface area contributed by atoms with Crippen LogP contribution in [0.25, 0.3) is 0 Å². The van der Waals surface area contributed by atoms with Crippen LogP contribution >= 0.6 is 0 Å². The minimum absolute atomic E-state index is 0.00420. The zero-order valence-corrected chi connectivity index (χ0v) is 19.1. The van der Waals surface area contributed by atoms with E-state index >= 15 is 0 Å². The highest BCUT2D eigenvalue weighted by atomic mass is 32.2. The van der Waals surface area contributed by atoms with Gasteiger partial charge in [-0.2, -0.15) is 9.57 Å². The summed E-state index contributed by atoms with van der Waals surface area (Å²) in [5.74, 6) is 1.07. The molecule has 1 amide bonds. The van der Waals surface area contributed by atoms with Crippen molar-refractivity contribution in [3.8, 4) is 17.6 Å². The van der Waals surface area contributed by atoms with Crippen molar-refractivity contribution in [3.63, 3.8) is 0 Å². The van der Waals surface area contributed by atoms with Gasteiger partial charge in [-0.25, -0.2) is 8.42 Å². The van der Waals surface area contributed by atoms with E-state index in [9.17, 15) is 18.5 Å². The number of sulfonamides is 1. The summed E-state index contributed by atoms with van der Waals surface area (Å²) in [6.45, 7) is 1.06. The van der Waals surface area contributed by atoms with Gasteiger partial charge >= 0.3 is 0 Å². The quantitative estimate of drug-likeness (QED) is 0.620. The van der Waals surface area contributed by atoms with Gasteiger partial charge in [0.05, 0.1) is 31.2 Å². The third-order valence-electron chi connectivity index (χ3n) is 5.40. The molecule has 2 aromatic carbocycles. The van der Waals surface area contributed by atoms with Gasteiger partial charge in [0.1, 0.15) is 6.07 Å². The topological polar surface area (TPSA) is 103 Å². The Bertz CT molecular complexity index is 1120. The average molecular weight is 459 g/mol. The molecular formula is C22H26N4O5S. The maximum absolute atomic E-state index is 13.0. The Labute approximate surface area is 188 Å². The summed E-state index contributed by atoms with van der Waals surface area (Å²) < 4.78 is 37.8. The smallest absolute Gasteiger partial charge is 0.244 e. The standard InChI is InChI=1S/C22H26N4O5S/c1-24(18-8-9-19(30-2)20(14-18)31-3)16-22(27)25-10-12-26(13-11-25)32(28,29)21-7-5-4-6-17(21)15-23/h4-9,14H,10-13,16H2,1-3H3. The molecule has 0 aromatic heterocycles. The molecule has 0 radical (unpaired) electrons. The van der Waals surface area contributed by atoms with E-state index < -0.39 is 10.0 Å². The lowest BCUT2D eigenvalue weighted by Gasteiger charge is -2.35. The van der Waals surface area contributed by atoms with Crippen molar-refractivity contribution in [2.75, 3.05) is 58.9 Å². The molecule has 170 valence electrons. The molecule has 3 rings (SSSR count). The minimum atomic E-state index is -3.80. The SMILES string of the molecule is COc1ccc(N(C)CC(=O)N2CCN(S(=O)(=O)c3ccccc3C#N)CC2)cc1OC. The number of carbonyl (C=O) groups excluding carboxylic acids is 1. The second-order valence-corrected chi connectivity index (χ2v) is 9.19. The average Bonchev–Trinajstić information content (AvgIpc) is 2.83. The Morgan fingerprint density at radius 1 is 1.06 bits per heavy atom. The van der Waals surface area contributed by atoms with Crippen molar-refractivity contribution in [3.05, 3.63) is 48.0 Å². The van der Waals surface area contributed by atoms with Crippen LogP contribution in [0.2, 0.25) is 0 Å². The van der Waals surface area contributed by atoms with Crippen LogP contribution in [-0.2, 0) is 14.8 Å². The van der Waals surface area contributed by atoms with Crippen LogP contribution in [0.1, 0.15) is 5.56 Å². The highest BCUT2D eigenvalue weighted by molar-refractivity contribution is 7.89. The first-order chi connectivity index (χ1) is 15.3. The van der Waals surface area contributed by atoms with E-state index in [0.29, 0.717) is 11.5 Å². The van der Waals surface area contributed by atoms with E-state index in [4.69, 9.17) is 9.47 Å². The second-order valence-electron chi connectivity index (χ2n) is 7.29. The predicted octanol–water partition coefficient (Wildman–Crippen LogP) is 1.54. The van der Waals surface area contributed by atoms with Gasteiger partial charge in [-0.3, -0.25) is 4.79 Å². The third kappa shape index (κ3) is 4.79. The lowest BCUT2D eigenvalue weighted by molar-refractivity contribution is -0.130. The zero-order valence-electron chi connectivity index (χ0n) is 18.3. The molecule has 1 aliphatic rings. The Balaban J connectivity index is 1.63. The van der Waals surface area contributed by atoms with E-state index in [-0.39, 0.29) is 49.1 Å². The van der Waals surface area contributed by atoms with E-state index in [2.05, 4.69) is 0 Å². The lowest BCUT2D eigenvalue weighted by atomic mass is 10.2. The number of rotatable bonds is 7. The number of likely N-dealkylation sites (N-methyl/N-ethyl adjacent to an activating group) is 1. The summed E-state index contributed by atoms with van der Waals surface area (Å²) in [5, 5.41) is 9.23. The van der Waals surface area contributed by atoms with Gasteiger partial charge < -0.3 is 19.3 Å². The molecule has 2 aromatic rings. The highest BCUT2D eigenvalue weighted by Crippen LogP contribution is 2.31. The predicted molar refractivity (Wildman–Crippen MR) is 119 cm³/mol. The molecule has 0 spiro atoms. The first-order valence-electron chi connectivity index (χ1n) is 10.0. The number of hydrogen-bond donors (Lipinski definition) is 0. The van der Waals surface area contributed by atoms with Gasteiger partial charge in [-0.05, 0) is 24.3 Å². The van der Waals surface area contributed by atoms with Gasteiger partial charge in [-0.1, -0.05) is 12.1 Å². The summed E-state index contributed by atoms with van der Waals surface area (Å²) in [7, 11) is 1.12. The summed E-state index contributed by atoms with van der Waals surface area (Å²) in [5.41, 5.74) is 0.910. The second kappa shape index (κ2) is 9.89. The number of hydrogen-bond acceptors (Lipinski definition) is 7. The Morgan fingerprint density at radius 2 is 1.72 bits per heavy atom. The van der Waals surface area contributed by atoms with E-state index in [1.165, 1.54) is 16.4 Å². The van der Waals surface area contributed by atoms with Crippen LogP contribution in [0.15, 0.2) is 47.4 Å². The third-order valence-corrected chi connectivity index (χ3v) is 7.35. The molecule has 0 N–H and O–H groups in total. The summed E-state index contributed by atoms with van der Waals surface area (Å²) >= 11 is 0. The molecule has 0 unspecified atom stereocenters.